The summed E-state index contributed by atoms with van der Waals surface area (Å²) in [5.74, 6) is -0.741. The van der Waals surface area contributed by atoms with Gasteiger partial charge in [0.2, 0.25) is 5.91 Å². The highest BCUT2D eigenvalue weighted by molar-refractivity contribution is 5.94. The molecule has 0 spiro atoms. The van der Waals surface area contributed by atoms with E-state index in [9.17, 15) is 22.8 Å². The minimum atomic E-state index is -4.76. The molecule has 29 heavy (non-hydrogen) atoms. The van der Waals surface area contributed by atoms with Gasteiger partial charge in [-0.05, 0) is 36.4 Å². The zero-order chi connectivity index (χ0) is 20.9. The standard InChI is InChI=1S/C19H19F3N4O3/c20-19(21,22)29-16-5-3-15(4-6-16)24-17(27)13-25-8-10-26(11-9-25)18(28)14-2-1-7-23-12-14/h1-7,12H,8-11,13H2,(H,24,27). The van der Waals surface area contributed by atoms with Crippen LogP contribution in [0, 0.1) is 0 Å². The van der Waals surface area contributed by atoms with Gasteiger partial charge in [-0.3, -0.25) is 19.5 Å². The fraction of sp³-hybridized carbons (Fsp3) is 0.316. The normalized spacial score (nSPS) is 15.1. The smallest absolute Gasteiger partial charge is 0.406 e. The molecular formula is C19H19F3N4O3. The number of aromatic nitrogens is 1. The molecule has 0 atom stereocenters. The second-order valence-corrected chi connectivity index (χ2v) is 6.43. The van der Waals surface area contributed by atoms with E-state index >= 15 is 0 Å². The molecular weight excluding hydrogens is 389 g/mol. The minimum Gasteiger partial charge on any atom is -0.406 e. The van der Waals surface area contributed by atoms with E-state index in [0.717, 1.165) is 12.1 Å². The number of alkyl halides is 3. The summed E-state index contributed by atoms with van der Waals surface area (Å²) in [5.41, 5.74) is 0.895. The minimum absolute atomic E-state index is 0.0941. The number of amides is 2. The molecule has 1 aromatic carbocycles. The Morgan fingerprint density at radius 1 is 1.07 bits per heavy atom. The largest absolute Gasteiger partial charge is 0.573 e. The number of ether oxygens (including phenoxy) is 1. The molecule has 3 rings (SSSR count). The first-order valence-electron chi connectivity index (χ1n) is 8.87. The summed E-state index contributed by atoms with van der Waals surface area (Å²) in [7, 11) is 0. The van der Waals surface area contributed by atoms with Crippen LogP contribution in [0.25, 0.3) is 0 Å². The van der Waals surface area contributed by atoms with Gasteiger partial charge < -0.3 is 15.0 Å². The number of anilines is 1. The Balaban J connectivity index is 1.44. The van der Waals surface area contributed by atoms with Crippen molar-refractivity contribution in [1.29, 1.82) is 0 Å². The Hall–Kier alpha value is -3.14. The van der Waals surface area contributed by atoms with Crippen molar-refractivity contribution >= 4 is 17.5 Å². The second kappa shape index (κ2) is 8.91. The van der Waals surface area contributed by atoms with Crippen LogP contribution in [0.2, 0.25) is 0 Å². The average Bonchev–Trinajstić information content (AvgIpc) is 2.69. The molecule has 1 N–H and O–H groups in total. The van der Waals surface area contributed by atoms with Crippen LogP contribution in [0.3, 0.4) is 0 Å². The number of rotatable bonds is 5. The Bertz CT molecular complexity index is 836. The van der Waals surface area contributed by atoms with Gasteiger partial charge in [0.15, 0.2) is 0 Å². The number of hydrogen-bond acceptors (Lipinski definition) is 5. The summed E-state index contributed by atoms with van der Waals surface area (Å²) in [6.45, 7) is 2.18. The first kappa shape index (κ1) is 20.6. The van der Waals surface area contributed by atoms with Crippen molar-refractivity contribution in [3.63, 3.8) is 0 Å². The summed E-state index contributed by atoms with van der Waals surface area (Å²) in [6, 6.07) is 8.35. The van der Waals surface area contributed by atoms with Crippen molar-refractivity contribution < 1.29 is 27.5 Å². The molecule has 0 unspecified atom stereocenters. The predicted molar refractivity (Wildman–Crippen MR) is 98.3 cm³/mol. The SMILES string of the molecule is O=C(CN1CCN(C(=O)c2cccnc2)CC1)Nc1ccc(OC(F)(F)F)cc1. The van der Waals surface area contributed by atoms with Crippen LogP contribution < -0.4 is 10.1 Å². The summed E-state index contributed by atoms with van der Waals surface area (Å²) in [5, 5.41) is 2.63. The van der Waals surface area contributed by atoms with Crippen LogP contribution in [-0.4, -0.2) is 65.7 Å². The van der Waals surface area contributed by atoms with Gasteiger partial charge >= 0.3 is 6.36 Å². The molecule has 2 amide bonds. The molecule has 0 saturated carbocycles. The molecule has 1 aromatic heterocycles. The highest BCUT2D eigenvalue weighted by Crippen LogP contribution is 2.24. The van der Waals surface area contributed by atoms with E-state index in [1.165, 1.54) is 18.3 Å². The second-order valence-electron chi connectivity index (χ2n) is 6.43. The molecule has 7 nitrogen and oxygen atoms in total. The van der Waals surface area contributed by atoms with Crippen LogP contribution in [-0.2, 0) is 4.79 Å². The van der Waals surface area contributed by atoms with E-state index in [1.807, 2.05) is 4.90 Å². The Morgan fingerprint density at radius 2 is 1.76 bits per heavy atom. The van der Waals surface area contributed by atoms with Crippen molar-refractivity contribution in [2.75, 3.05) is 38.0 Å². The predicted octanol–water partition coefficient (Wildman–Crippen LogP) is 2.38. The van der Waals surface area contributed by atoms with Gasteiger partial charge in [0.1, 0.15) is 5.75 Å². The number of pyridine rings is 1. The number of benzene rings is 1. The van der Waals surface area contributed by atoms with Crippen molar-refractivity contribution in [2.24, 2.45) is 0 Å². The maximum atomic E-state index is 12.4. The van der Waals surface area contributed by atoms with E-state index in [2.05, 4.69) is 15.0 Å². The summed E-state index contributed by atoms with van der Waals surface area (Å²) in [6.07, 6.45) is -1.64. The van der Waals surface area contributed by atoms with E-state index in [-0.39, 0.29) is 24.1 Å². The zero-order valence-electron chi connectivity index (χ0n) is 15.4. The topological polar surface area (TPSA) is 74.8 Å². The number of carbonyl (C=O) groups is 2. The van der Waals surface area contributed by atoms with Crippen molar-refractivity contribution in [3.05, 3.63) is 54.4 Å². The maximum absolute atomic E-state index is 12.4. The van der Waals surface area contributed by atoms with Crippen LogP contribution in [0.5, 0.6) is 5.75 Å². The lowest BCUT2D eigenvalue weighted by molar-refractivity contribution is -0.274. The molecule has 1 saturated heterocycles. The third-order valence-corrected chi connectivity index (χ3v) is 4.31. The van der Waals surface area contributed by atoms with E-state index in [1.54, 1.807) is 23.2 Å². The summed E-state index contributed by atoms with van der Waals surface area (Å²) < 4.78 is 40.3. The van der Waals surface area contributed by atoms with Crippen molar-refractivity contribution in [3.8, 4) is 5.75 Å². The number of nitrogens with zero attached hydrogens (tertiary/aromatic N) is 3. The van der Waals surface area contributed by atoms with Gasteiger partial charge in [-0.15, -0.1) is 13.2 Å². The highest BCUT2D eigenvalue weighted by Gasteiger charge is 2.31. The molecule has 10 heteroatoms. The third-order valence-electron chi connectivity index (χ3n) is 4.31. The molecule has 1 aliphatic rings. The quantitative estimate of drug-likeness (QED) is 0.822. The van der Waals surface area contributed by atoms with Gasteiger partial charge in [-0.25, -0.2) is 0 Å². The highest BCUT2D eigenvalue weighted by atomic mass is 19.4. The molecule has 0 radical (unpaired) electrons. The Kier molecular flexibility index (Phi) is 6.32. The van der Waals surface area contributed by atoms with Gasteiger partial charge in [0.05, 0.1) is 12.1 Å². The molecule has 0 bridgehead atoms. The molecule has 0 aliphatic carbocycles. The van der Waals surface area contributed by atoms with Crippen LogP contribution in [0.15, 0.2) is 48.8 Å². The number of nitrogens with one attached hydrogen (secondary N) is 1. The first-order chi connectivity index (χ1) is 13.8. The monoisotopic (exact) mass is 408 g/mol. The fourth-order valence-corrected chi connectivity index (χ4v) is 2.92. The van der Waals surface area contributed by atoms with Crippen molar-refractivity contribution in [2.45, 2.75) is 6.36 Å². The Morgan fingerprint density at radius 3 is 2.34 bits per heavy atom. The van der Waals surface area contributed by atoms with Gasteiger partial charge in [0.25, 0.3) is 5.91 Å². The number of hydrogen-bond donors (Lipinski definition) is 1. The molecule has 1 aliphatic heterocycles. The third kappa shape index (κ3) is 6.18. The fourth-order valence-electron chi connectivity index (χ4n) is 2.92. The van der Waals surface area contributed by atoms with E-state index < -0.39 is 6.36 Å². The van der Waals surface area contributed by atoms with Gasteiger partial charge in [-0.2, -0.15) is 0 Å². The lowest BCUT2D eigenvalue weighted by Gasteiger charge is -2.34. The summed E-state index contributed by atoms with van der Waals surface area (Å²) >= 11 is 0. The van der Waals surface area contributed by atoms with E-state index in [0.29, 0.717) is 37.4 Å². The molecule has 1 fully saturated rings. The lowest BCUT2D eigenvalue weighted by atomic mass is 10.2. The Labute approximate surface area is 165 Å². The van der Waals surface area contributed by atoms with Crippen LogP contribution in [0.1, 0.15) is 10.4 Å². The maximum Gasteiger partial charge on any atom is 0.573 e. The van der Waals surface area contributed by atoms with Crippen LogP contribution >= 0.6 is 0 Å². The zero-order valence-corrected chi connectivity index (χ0v) is 15.4. The number of piperazine rings is 1. The lowest BCUT2D eigenvalue weighted by Crippen LogP contribution is -2.50. The number of halogens is 3. The number of carbonyl (C=O) groups excluding carboxylic acids is 2. The average molecular weight is 408 g/mol. The first-order valence-corrected chi connectivity index (χ1v) is 8.87. The van der Waals surface area contributed by atoms with E-state index in [4.69, 9.17) is 0 Å². The molecule has 2 heterocycles. The van der Waals surface area contributed by atoms with Crippen LogP contribution in [0.4, 0.5) is 18.9 Å². The molecule has 2 aromatic rings. The molecule has 154 valence electrons. The summed E-state index contributed by atoms with van der Waals surface area (Å²) in [4.78, 5) is 32.1. The van der Waals surface area contributed by atoms with Gasteiger partial charge in [0, 0.05) is 44.3 Å². The van der Waals surface area contributed by atoms with Crippen molar-refractivity contribution in [1.82, 2.24) is 14.8 Å². The van der Waals surface area contributed by atoms with Gasteiger partial charge in [-0.1, -0.05) is 0 Å².